The predicted molar refractivity (Wildman–Crippen MR) is 73.1 cm³/mol. The summed E-state index contributed by atoms with van der Waals surface area (Å²) in [5, 5.41) is 5.92. The van der Waals surface area contributed by atoms with Crippen molar-refractivity contribution in [3.05, 3.63) is 11.1 Å². The Morgan fingerprint density at radius 1 is 1.56 bits per heavy atom. The van der Waals surface area contributed by atoms with Gasteiger partial charge in [-0.25, -0.2) is 9.78 Å². The van der Waals surface area contributed by atoms with Gasteiger partial charge in [-0.1, -0.05) is 13.3 Å². The van der Waals surface area contributed by atoms with Crippen molar-refractivity contribution in [2.75, 3.05) is 18.5 Å². The van der Waals surface area contributed by atoms with Crippen LogP contribution in [0.4, 0.5) is 5.13 Å². The van der Waals surface area contributed by atoms with E-state index in [1.165, 1.54) is 37.0 Å². The molecule has 1 aromatic heterocycles. The van der Waals surface area contributed by atoms with E-state index >= 15 is 0 Å². The van der Waals surface area contributed by atoms with Crippen molar-refractivity contribution in [2.24, 2.45) is 5.41 Å². The molecule has 1 aliphatic carbocycles. The Kier molecular flexibility index (Phi) is 4.22. The first-order chi connectivity index (χ1) is 8.69. The van der Waals surface area contributed by atoms with Crippen molar-refractivity contribution in [1.82, 2.24) is 4.98 Å². The zero-order chi connectivity index (χ0) is 13.0. The second-order valence-electron chi connectivity index (χ2n) is 4.82. The highest BCUT2D eigenvalue weighted by Gasteiger charge is 2.34. The molecule has 4 nitrogen and oxygen atoms in total. The van der Waals surface area contributed by atoms with Crippen LogP contribution in [-0.4, -0.2) is 24.1 Å². The van der Waals surface area contributed by atoms with Crippen molar-refractivity contribution in [2.45, 2.75) is 39.5 Å². The summed E-state index contributed by atoms with van der Waals surface area (Å²) in [6, 6.07) is 0. The summed E-state index contributed by atoms with van der Waals surface area (Å²) in [6.45, 7) is 5.38. The van der Waals surface area contributed by atoms with Gasteiger partial charge < -0.3 is 10.1 Å². The number of anilines is 1. The topological polar surface area (TPSA) is 51.2 Å². The Balaban J connectivity index is 1.88. The minimum atomic E-state index is -0.337. The molecular weight excluding hydrogens is 248 g/mol. The number of carbonyl (C=O) groups excluding carboxylic acids is 1. The van der Waals surface area contributed by atoms with E-state index < -0.39 is 0 Å². The molecule has 1 N–H and O–H groups in total. The van der Waals surface area contributed by atoms with Gasteiger partial charge in [0.1, 0.15) is 0 Å². The van der Waals surface area contributed by atoms with Crippen LogP contribution in [0.25, 0.3) is 0 Å². The molecule has 0 saturated heterocycles. The lowest BCUT2D eigenvalue weighted by Gasteiger charge is -2.41. The van der Waals surface area contributed by atoms with Crippen LogP contribution in [-0.2, 0) is 4.74 Å². The maximum atomic E-state index is 11.5. The summed E-state index contributed by atoms with van der Waals surface area (Å²) in [5.41, 5.74) is 0.860. The standard InChI is InChI=1S/C13H20N2O2S/c1-3-13(6-5-7-13)9-14-12-15-10(8-18-12)11(16)17-4-2/h8H,3-7,9H2,1-2H3,(H,14,15). The van der Waals surface area contributed by atoms with Crippen LogP contribution in [0.3, 0.4) is 0 Å². The molecule has 0 unspecified atom stereocenters. The van der Waals surface area contributed by atoms with Gasteiger partial charge in [-0.3, -0.25) is 0 Å². The third-order valence-electron chi connectivity index (χ3n) is 3.77. The van der Waals surface area contributed by atoms with E-state index in [1.54, 1.807) is 12.3 Å². The molecule has 0 aromatic carbocycles. The Labute approximate surface area is 112 Å². The van der Waals surface area contributed by atoms with Crippen LogP contribution in [0.5, 0.6) is 0 Å². The molecule has 5 heteroatoms. The summed E-state index contributed by atoms with van der Waals surface area (Å²) < 4.78 is 4.92. The molecule has 0 aliphatic heterocycles. The molecule has 100 valence electrons. The lowest BCUT2D eigenvalue weighted by Crippen LogP contribution is -2.35. The van der Waals surface area contributed by atoms with Crippen molar-refractivity contribution in [3.8, 4) is 0 Å². The van der Waals surface area contributed by atoms with Crippen LogP contribution >= 0.6 is 11.3 Å². The van der Waals surface area contributed by atoms with Crippen molar-refractivity contribution >= 4 is 22.4 Å². The smallest absolute Gasteiger partial charge is 0.357 e. The average molecular weight is 268 g/mol. The van der Waals surface area contributed by atoms with E-state index in [0.717, 1.165) is 11.7 Å². The number of thiazole rings is 1. The summed E-state index contributed by atoms with van der Waals surface area (Å²) in [6.07, 6.45) is 5.14. The zero-order valence-electron chi connectivity index (χ0n) is 11.0. The third-order valence-corrected chi connectivity index (χ3v) is 4.57. The number of ether oxygens (including phenoxy) is 1. The second kappa shape index (κ2) is 5.69. The molecular formula is C13H20N2O2S. The van der Waals surface area contributed by atoms with E-state index in [9.17, 15) is 4.79 Å². The van der Waals surface area contributed by atoms with Gasteiger partial charge in [0.15, 0.2) is 10.8 Å². The van der Waals surface area contributed by atoms with E-state index in [-0.39, 0.29) is 5.97 Å². The quantitative estimate of drug-likeness (QED) is 0.804. The summed E-state index contributed by atoms with van der Waals surface area (Å²) in [5.74, 6) is -0.337. The molecule has 1 fully saturated rings. The van der Waals surface area contributed by atoms with Gasteiger partial charge in [-0.2, -0.15) is 0 Å². The van der Waals surface area contributed by atoms with Crippen LogP contribution < -0.4 is 5.32 Å². The molecule has 0 bridgehead atoms. The van der Waals surface area contributed by atoms with Gasteiger partial charge in [-0.15, -0.1) is 11.3 Å². The molecule has 0 spiro atoms. The molecule has 1 aliphatic rings. The highest BCUT2D eigenvalue weighted by atomic mass is 32.1. The minimum absolute atomic E-state index is 0.337. The number of carbonyl (C=O) groups is 1. The number of nitrogens with zero attached hydrogens (tertiary/aromatic N) is 1. The second-order valence-corrected chi connectivity index (χ2v) is 5.68. The first kappa shape index (κ1) is 13.3. The van der Waals surface area contributed by atoms with Crippen LogP contribution in [0.1, 0.15) is 50.0 Å². The summed E-state index contributed by atoms with van der Waals surface area (Å²) in [4.78, 5) is 15.7. The average Bonchev–Trinajstić information content (AvgIpc) is 2.77. The van der Waals surface area contributed by atoms with Crippen LogP contribution in [0.15, 0.2) is 5.38 Å². The van der Waals surface area contributed by atoms with E-state index in [1.807, 2.05) is 0 Å². The monoisotopic (exact) mass is 268 g/mol. The van der Waals surface area contributed by atoms with Gasteiger partial charge in [0.2, 0.25) is 0 Å². The van der Waals surface area contributed by atoms with Crippen LogP contribution in [0, 0.1) is 5.41 Å². The predicted octanol–water partition coefficient (Wildman–Crippen LogP) is 3.31. The normalized spacial score (nSPS) is 17.0. The zero-order valence-corrected chi connectivity index (χ0v) is 11.8. The summed E-state index contributed by atoms with van der Waals surface area (Å²) >= 11 is 1.47. The maximum absolute atomic E-state index is 11.5. The Bertz CT molecular complexity index is 407. The molecule has 1 saturated carbocycles. The number of esters is 1. The molecule has 18 heavy (non-hydrogen) atoms. The maximum Gasteiger partial charge on any atom is 0.357 e. The lowest BCUT2D eigenvalue weighted by molar-refractivity contribution is 0.0520. The largest absolute Gasteiger partial charge is 0.461 e. The molecule has 0 atom stereocenters. The highest BCUT2D eigenvalue weighted by Crippen LogP contribution is 2.43. The summed E-state index contributed by atoms with van der Waals surface area (Å²) in [7, 11) is 0. The highest BCUT2D eigenvalue weighted by molar-refractivity contribution is 7.13. The van der Waals surface area contributed by atoms with Crippen LogP contribution in [0.2, 0.25) is 0 Å². The Hall–Kier alpha value is -1.10. The molecule has 1 aromatic rings. The molecule has 2 rings (SSSR count). The van der Waals surface area contributed by atoms with Gasteiger partial charge in [0.05, 0.1) is 6.61 Å². The molecule has 0 amide bonds. The number of nitrogens with one attached hydrogen (secondary N) is 1. The molecule has 0 radical (unpaired) electrons. The number of rotatable bonds is 6. The molecule has 1 heterocycles. The van der Waals surface area contributed by atoms with Gasteiger partial charge >= 0.3 is 5.97 Å². The first-order valence-electron chi connectivity index (χ1n) is 6.55. The lowest BCUT2D eigenvalue weighted by atomic mass is 9.67. The van der Waals surface area contributed by atoms with Gasteiger partial charge in [-0.05, 0) is 31.6 Å². The number of hydrogen-bond donors (Lipinski definition) is 1. The van der Waals surface area contributed by atoms with Crippen molar-refractivity contribution < 1.29 is 9.53 Å². The van der Waals surface area contributed by atoms with Crippen molar-refractivity contribution in [1.29, 1.82) is 0 Å². The Morgan fingerprint density at radius 2 is 2.33 bits per heavy atom. The van der Waals surface area contributed by atoms with E-state index in [4.69, 9.17) is 4.74 Å². The fourth-order valence-electron chi connectivity index (χ4n) is 2.25. The SMILES string of the molecule is CCOC(=O)c1csc(NCC2(CC)CCC2)n1. The first-order valence-corrected chi connectivity index (χ1v) is 7.43. The number of hydrogen-bond acceptors (Lipinski definition) is 5. The van der Waals surface area contributed by atoms with Gasteiger partial charge in [0, 0.05) is 11.9 Å². The van der Waals surface area contributed by atoms with Crippen molar-refractivity contribution in [3.63, 3.8) is 0 Å². The van der Waals surface area contributed by atoms with E-state index in [0.29, 0.717) is 17.7 Å². The minimum Gasteiger partial charge on any atom is -0.461 e. The van der Waals surface area contributed by atoms with Gasteiger partial charge in [0.25, 0.3) is 0 Å². The fourth-order valence-corrected chi connectivity index (χ4v) is 2.93. The third kappa shape index (κ3) is 2.83. The van der Waals surface area contributed by atoms with E-state index in [2.05, 4.69) is 17.2 Å². The Morgan fingerprint density at radius 3 is 2.89 bits per heavy atom. The fraction of sp³-hybridized carbons (Fsp3) is 0.692. The number of aromatic nitrogens is 1.